The van der Waals surface area contributed by atoms with E-state index in [1.165, 1.54) is 19.3 Å². The van der Waals surface area contributed by atoms with Crippen LogP contribution >= 0.6 is 0 Å². The third kappa shape index (κ3) is 3.89. The third-order valence-corrected chi connectivity index (χ3v) is 1.52. The summed E-state index contributed by atoms with van der Waals surface area (Å²) >= 11 is 0. The van der Waals surface area contributed by atoms with E-state index in [1.807, 2.05) is 0 Å². The first-order valence-corrected chi connectivity index (χ1v) is 4.13. The molecule has 14 heavy (non-hydrogen) atoms. The lowest BCUT2D eigenvalue weighted by Gasteiger charge is -2.10. The van der Waals surface area contributed by atoms with Crippen molar-refractivity contribution < 1.29 is 19.1 Å². The number of methoxy groups -OCH3 is 1. The highest BCUT2D eigenvalue weighted by molar-refractivity contribution is 5.95. The molecule has 4 nitrogen and oxygen atoms in total. The van der Waals surface area contributed by atoms with E-state index in [-0.39, 0.29) is 13.0 Å². The molecule has 78 valence electrons. The van der Waals surface area contributed by atoms with Crippen molar-refractivity contribution in [2.45, 2.75) is 6.42 Å². The smallest absolute Gasteiger partial charge is 0.320 e. The molecule has 0 aromatic rings. The molecule has 0 aliphatic carbocycles. The Morgan fingerprint density at radius 3 is 2.36 bits per heavy atom. The van der Waals surface area contributed by atoms with Crippen LogP contribution in [0.15, 0.2) is 25.3 Å². The Labute approximate surface area is 83.2 Å². The van der Waals surface area contributed by atoms with Crippen molar-refractivity contribution in [2.75, 3.05) is 13.7 Å². The number of rotatable bonds is 6. The zero-order valence-electron chi connectivity index (χ0n) is 8.19. The van der Waals surface area contributed by atoms with Crippen molar-refractivity contribution >= 4 is 11.9 Å². The van der Waals surface area contributed by atoms with Gasteiger partial charge in [0, 0.05) is 0 Å². The number of hydrogen-bond acceptors (Lipinski definition) is 4. The van der Waals surface area contributed by atoms with Crippen LogP contribution in [-0.4, -0.2) is 25.7 Å². The zero-order chi connectivity index (χ0) is 11.0. The molecule has 0 amide bonds. The van der Waals surface area contributed by atoms with Crippen LogP contribution in [0.4, 0.5) is 0 Å². The molecule has 0 radical (unpaired) electrons. The average molecular weight is 198 g/mol. The summed E-state index contributed by atoms with van der Waals surface area (Å²) in [5.41, 5.74) is 0. The molecule has 0 aliphatic rings. The van der Waals surface area contributed by atoms with E-state index in [0.29, 0.717) is 0 Å². The Hall–Kier alpha value is -1.58. The largest absolute Gasteiger partial charge is 0.468 e. The summed E-state index contributed by atoms with van der Waals surface area (Å²) in [6.45, 7) is 6.92. The maximum absolute atomic E-state index is 11.3. The van der Waals surface area contributed by atoms with Gasteiger partial charge >= 0.3 is 11.9 Å². The molecular formula is C10H14O4. The van der Waals surface area contributed by atoms with Gasteiger partial charge < -0.3 is 9.47 Å². The fourth-order valence-corrected chi connectivity index (χ4v) is 0.839. The van der Waals surface area contributed by atoms with Gasteiger partial charge in [0.1, 0.15) is 6.61 Å². The van der Waals surface area contributed by atoms with Crippen molar-refractivity contribution in [2.24, 2.45) is 5.92 Å². The molecule has 0 aromatic heterocycles. The van der Waals surface area contributed by atoms with Gasteiger partial charge in [0.05, 0.1) is 7.11 Å². The SMILES string of the molecule is C=CCOC(=O)C(CC=C)C(=O)OC. The van der Waals surface area contributed by atoms with Gasteiger partial charge in [0.25, 0.3) is 0 Å². The van der Waals surface area contributed by atoms with E-state index in [4.69, 9.17) is 4.74 Å². The van der Waals surface area contributed by atoms with E-state index < -0.39 is 17.9 Å². The Bertz CT molecular complexity index is 232. The first kappa shape index (κ1) is 12.4. The molecule has 0 rings (SSSR count). The molecule has 0 fully saturated rings. The van der Waals surface area contributed by atoms with Gasteiger partial charge in [-0.2, -0.15) is 0 Å². The monoisotopic (exact) mass is 198 g/mol. The highest BCUT2D eigenvalue weighted by Gasteiger charge is 2.27. The van der Waals surface area contributed by atoms with Crippen molar-refractivity contribution in [1.82, 2.24) is 0 Å². The summed E-state index contributed by atoms with van der Waals surface area (Å²) in [5, 5.41) is 0. The van der Waals surface area contributed by atoms with Gasteiger partial charge in [0.2, 0.25) is 0 Å². The van der Waals surface area contributed by atoms with Gasteiger partial charge in [-0.05, 0) is 6.42 Å². The maximum Gasteiger partial charge on any atom is 0.320 e. The minimum atomic E-state index is -0.919. The van der Waals surface area contributed by atoms with Crippen LogP contribution in [0, 0.1) is 5.92 Å². The predicted octanol–water partition coefficient (Wildman–Crippen LogP) is 1.08. The van der Waals surface area contributed by atoms with Gasteiger partial charge in [-0.15, -0.1) is 6.58 Å². The lowest BCUT2D eigenvalue weighted by molar-refractivity contribution is -0.159. The molecule has 0 saturated heterocycles. The predicted molar refractivity (Wildman–Crippen MR) is 51.5 cm³/mol. The lowest BCUT2D eigenvalue weighted by Crippen LogP contribution is -2.26. The fourth-order valence-electron chi connectivity index (χ4n) is 0.839. The summed E-state index contributed by atoms with van der Waals surface area (Å²) in [6, 6.07) is 0. The second-order valence-corrected chi connectivity index (χ2v) is 2.52. The number of allylic oxidation sites excluding steroid dienone is 1. The second-order valence-electron chi connectivity index (χ2n) is 2.52. The van der Waals surface area contributed by atoms with E-state index in [2.05, 4.69) is 17.9 Å². The third-order valence-electron chi connectivity index (χ3n) is 1.52. The van der Waals surface area contributed by atoms with E-state index in [1.54, 1.807) is 0 Å². The molecule has 0 aliphatic heterocycles. The normalized spacial score (nSPS) is 11.2. The minimum Gasteiger partial charge on any atom is -0.468 e. The molecule has 4 heteroatoms. The molecule has 1 unspecified atom stereocenters. The Morgan fingerprint density at radius 2 is 1.93 bits per heavy atom. The Balaban J connectivity index is 4.31. The van der Waals surface area contributed by atoms with Gasteiger partial charge in [0.15, 0.2) is 5.92 Å². The average Bonchev–Trinajstić information content (AvgIpc) is 2.21. The summed E-state index contributed by atoms with van der Waals surface area (Å²) in [4.78, 5) is 22.4. The number of carbonyl (C=O) groups excluding carboxylic acids is 2. The molecule has 1 atom stereocenters. The molecule has 0 saturated carbocycles. The first-order valence-electron chi connectivity index (χ1n) is 4.13. The van der Waals surface area contributed by atoms with Gasteiger partial charge in [-0.1, -0.05) is 18.7 Å². The van der Waals surface area contributed by atoms with Crippen LogP contribution < -0.4 is 0 Å². The lowest BCUT2D eigenvalue weighted by atomic mass is 10.1. The zero-order valence-corrected chi connectivity index (χ0v) is 8.19. The van der Waals surface area contributed by atoms with Crippen molar-refractivity contribution in [3.05, 3.63) is 25.3 Å². The quantitative estimate of drug-likeness (QED) is 0.364. The maximum atomic E-state index is 11.3. The van der Waals surface area contributed by atoms with Crippen LogP contribution in [0.1, 0.15) is 6.42 Å². The highest BCUT2D eigenvalue weighted by Crippen LogP contribution is 2.08. The number of esters is 2. The van der Waals surface area contributed by atoms with Crippen molar-refractivity contribution in [1.29, 1.82) is 0 Å². The van der Waals surface area contributed by atoms with Crippen LogP contribution in [0.25, 0.3) is 0 Å². The topological polar surface area (TPSA) is 52.6 Å². The summed E-state index contributed by atoms with van der Waals surface area (Å²) < 4.78 is 9.18. The second kappa shape index (κ2) is 6.88. The first-order chi connectivity index (χ1) is 6.67. The number of hydrogen-bond donors (Lipinski definition) is 0. The number of carbonyl (C=O) groups is 2. The van der Waals surface area contributed by atoms with Gasteiger partial charge in [-0.3, -0.25) is 9.59 Å². The molecule has 0 spiro atoms. The molecule has 0 bridgehead atoms. The Kier molecular flexibility index (Phi) is 6.11. The van der Waals surface area contributed by atoms with E-state index >= 15 is 0 Å². The summed E-state index contributed by atoms with van der Waals surface area (Å²) in [7, 11) is 1.22. The number of ether oxygens (including phenoxy) is 2. The minimum absolute atomic E-state index is 0.0868. The standard InChI is InChI=1S/C10H14O4/c1-4-6-8(9(11)13-3)10(12)14-7-5-2/h4-5,8H,1-2,6-7H2,3H3. The van der Waals surface area contributed by atoms with Crippen LogP contribution in [-0.2, 0) is 19.1 Å². The summed E-state index contributed by atoms with van der Waals surface area (Å²) in [5.74, 6) is -2.15. The Morgan fingerprint density at radius 1 is 1.29 bits per heavy atom. The van der Waals surface area contributed by atoms with E-state index in [9.17, 15) is 9.59 Å². The van der Waals surface area contributed by atoms with E-state index in [0.717, 1.165) is 0 Å². The van der Waals surface area contributed by atoms with Crippen LogP contribution in [0.5, 0.6) is 0 Å². The molecule has 0 N–H and O–H groups in total. The molecular weight excluding hydrogens is 184 g/mol. The van der Waals surface area contributed by atoms with Crippen LogP contribution in [0.3, 0.4) is 0 Å². The molecule has 0 aromatic carbocycles. The highest BCUT2D eigenvalue weighted by atomic mass is 16.5. The summed E-state index contributed by atoms with van der Waals surface area (Å²) in [6.07, 6.45) is 3.11. The van der Waals surface area contributed by atoms with Crippen molar-refractivity contribution in [3.63, 3.8) is 0 Å². The van der Waals surface area contributed by atoms with Crippen LogP contribution in [0.2, 0.25) is 0 Å². The molecule has 0 heterocycles. The van der Waals surface area contributed by atoms with Gasteiger partial charge in [-0.25, -0.2) is 0 Å². The fraction of sp³-hybridized carbons (Fsp3) is 0.400. The van der Waals surface area contributed by atoms with Crippen molar-refractivity contribution in [3.8, 4) is 0 Å².